The Morgan fingerprint density at radius 1 is 1.05 bits per heavy atom. The van der Waals surface area contributed by atoms with Crippen molar-refractivity contribution >= 4 is 32.7 Å². The van der Waals surface area contributed by atoms with E-state index < -0.39 is 5.97 Å². The zero-order valence-corrected chi connectivity index (χ0v) is 13.4. The van der Waals surface area contributed by atoms with Gasteiger partial charge in [-0.15, -0.1) is 0 Å². The minimum atomic E-state index is -0.401. The Kier molecular flexibility index (Phi) is 5.87. The van der Waals surface area contributed by atoms with Gasteiger partial charge in [0.15, 0.2) is 6.61 Å². The van der Waals surface area contributed by atoms with E-state index in [2.05, 4.69) is 20.7 Å². The van der Waals surface area contributed by atoms with Gasteiger partial charge in [-0.25, -0.2) is 4.79 Å². The van der Waals surface area contributed by atoms with Crippen LogP contribution < -0.4 is 9.47 Å². The van der Waals surface area contributed by atoms with Gasteiger partial charge in [0.05, 0.1) is 13.7 Å². The first-order valence-corrected chi connectivity index (χ1v) is 7.77. The Morgan fingerprint density at radius 2 is 1.71 bits per heavy atom. The Morgan fingerprint density at radius 3 is 2.33 bits per heavy atom. The van der Waals surface area contributed by atoms with Crippen molar-refractivity contribution in [1.29, 1.82) is 0 Å². The molecule has 0 amide bonds. The number of carbonyl (C=O) groups excluding carboxylic acids is 1. The summed E-state index contributed by atoms with van der Waals surface area (Å²) in [5, 5.41) is 3.02. The van der Waals surface area contributed by atoms with Crippen molar-refractivity contribution in [3.8, 4) is 11.5 Å². The van der Waals surface area contributed by atoms with E-state index in [0.29, 0.717) is 12.4 Å². The largest absolute Gasteiger partial charge is 0.494 e. The maximum atomic E-state index is 11.1. The van der Waals surface area contributed by atoms with Crippen LogP contribution in [0.2, 0.25) is 0 Å². The summed E-state index contributed by atoms with van der Waals surface area (Å²) in [5.41, 5.74) is 0. The number of hydrogen-bond donors (Lipinski definition) is 0. The van der Waals surface area contributed by atoms with E-state index in [9.17, 15) is 4.79 Å². The average molecular weight is 353 g/mol. The highest BCUT2D eigenvalue weighted by atomic mass is 79.9. The van der Waals surface area contributed by atoms with Gasteiger partial charge >= 0.3 is 5.97 Å². The smallest absolute Gasteiger partial charge is 0.343 e. The summed E-state index contributed by atoms with van der Waals surface area (Å²) >= 11 is 3.37. The highest BCUT2D eigenvalue weighted by molar-refractivity contribution is 9.09. The summed E-state index contributed by atoms with van der Waals surface area (Å²) in [6.07, 6.45) is 0.959. The third-order valence-electron chi connectivity index (χ3n) is 2.91. The minimum Gasteiger partial charge on any atom is -0.494 e. The highest BCUT2D eigenvalue weighted by Gasteiger charge is 2.04. The lowest BCUT2D eigenvalue weighted by Gasteiger charge is -2.08. The maximum absolute atomic E-state index is 11.1. The fraction of sp³-hybridized carbons (Fsp3) is 0.312. The topological polar surface area (TPSA) is 44.8 Å². The Hall–Kier alpha value is -1.75. The molecule has 0 aliphatic heterocycles. The summed E-state index contributed by atoms with van der Waals surface area (Å²) in [6.45, 7) is 0.582. The number of rotatable bonds is 7. The molecule has 2 aromatic rings. The van der Waals surface area contributed by atoms with Crippen LogP contribution in [0.1, 0.15) is 6.42 Å². The van der Waals surface area contributed by atoms with Gasteiger partial charge in [-0.2, -0.15) is 0 Å². The fourth-order valence-electron chi connectivity index (χ4n) is 1.83. The summed E-state index contributed by atoms with van der Waals surface area (Å²) in [6, 6.07) is 11.6. The van der Waals surface area contributed by atoms with Crippen molar-refractivity contribution in [3.63, 3.8) is 0 Å². The number of methoxy groups -OCH3 is 1. The van der Waals surface area contributed by atoms with E-state index in [4.69, 9.17) is 9.47 Å². The van der Waals surface area contributed by atoms with Gasteiger partial charge < -0.3 is 14.2 Å². The van der Waals surface area contributed by atoms with Gasteiger partial charge in [-0.05, 0) is 41.5 Å². The zero-order chi connectivity index (χ0) is 15.1. The molecular weight excluding hydrogens is 336 g/mol. The normalized spacial score (nSPS) is 10.4. The fourth-order valence-corrected chi connectivity index (χ4v) is 2.06. The molecule has 0 unspecified atom stereocenters. The molecule has 0 saturated carbocycles. The van der Waals surface area contributed by atoms with E-state index in [1.165, 1.54) is 7.11 Å². The van der Waals surface area contributed by atoms with Crippen molar-refractivity contribution in [2.75, 3.05) is 25.7 Å². The number of esters is 1. The molecule has 0 heterocycles. The SMILES string of the molecule is COC(=O)COc1ccc2ccc(OCCCBr)cc2c1. The number of ether oxygens (including phenoxy) is 3. The third kappa shape index (κ3) is 4.63. The van der Waals surface area contributed by atoms with Crippen molar-refractivity contribution in [2.45, 2.75) is 6.42 Å². The van der Waals surface area contributed by atoms with Gasteiger partial charge in [0, 0.05) is 5.33 Å². The van der Waals surface area contributed by atoms with E-state index in [-0.39, 0.29) is 6.61 Å². The van der Waals surface area contributed by atoms with Crippen molar-refractivity contribution in [3.05, 3.63) is 36.4 Å². The lowest BCUT2D eigenvalue weighted by atomic mass is 10.1. The van der Waals surface area contributed by atoms with Crippen LogP contribution >= 0.6 is 15.9 Å². The zero-order valence-electron chi connectivity index (χ0n) is 11.8. The van der Waals surface area contributed by atoms with Crippen LogP contribution in [0.25, 0.3) is 10.8 Å². The van der Waals surface area contributed by atoms with Gasteiger partial charge in [-0.3, -0.25) is 0 Å². The molecule has 0 radical (unpaired) electrons. The van der Waals surface area contributed by atoms with E-state index >= 15 is 0 Å². The number of carbonyl (C=O) groups is 1. The Bertz CT molecular complexity index is 612. The van der Waals surface area contributed by atoms with Crippen molar-refractivity contribution < 1.29 is 19.0 Å². The summed E-state index contributed by atoms with van der Waals surface area (Å²) in [4.78, 5) is 11.1. The van der Waals surface area contributed by atoms with E-state index in [1.807, 2.05) is 36.4 Å². The first-order chi connectivity index (χ1) is 10.2. The van der Waals surface area contributed by atoms with Gasteiger partial charge in [0.2, 0.25) is 0 Å². The number of halogens is 1. The molecule has 0 saturated heterocycles. The number of benzene rings is 2. The van der Waals surface area contributed by atoms with E-state index in [1.54, 1.807) is 0 Å². The second kappa shape index (κ2) is 7.88. The minimum absolute atomic E-state index is 0.0938. The Balaban J connectivity index is 2.10. The number of hydrogen-bond acceptors (Lipinski definition) is 4. The molecule has 0 atom stereocenters. The molecule has 2 rings (SSSR count). The molecule has 0 fully saturated rings. The Labute approximate surface area is 132 Å². The van der Waals surface area contributed by atoms with Crippen LogP contribution in [0.4, 0.5) is 0 Å². The molecule has 0 bridgehead atoms. The molecule has 0 N–H and O–H groups in total. The van der Waals surface area contributed by atoms with Crippen LogP contribution in [-0.2, 0) is 9.53 Å². The van der Waals surface area contributed by atoms with Crippen molar-refractivity contribution in [2.24, 2.45) is 0 Å². The summed E-state index contributed by atoms with van der Waals surface area (Å²) in [5.74, 6) is 1.06. The predicted molar refractivity (Wildman–Crippen MR) is 85.4 cm³/mol. The first kappa shape index (κ1) is 15.6. The van der Waals surface area contributed by atoms with Crippen LogP contribution in [0, 0.1) is 0 Å². The molecule has 0 aromatic heterocycles. The van der Waals surface area contributed by atoms with Crippen LogP contribution in [0.3, 0.4) is 0 Å². The molecule has 5 heteroatoms. The number of fused-ring (bicyclic) bond motifs is 1. The van der Waals surface area contributed by atoms with Crippen molar-refractivity contribution in [1.82, 2.24) is 0 Å². The van der Waals surface area contributed by atoms with Crippen LogP contribution in [0.15, 0.2) is 36.4 Å². The molecule has 112 valence electrons. The molecule has 2 aromatic carbocycles. The summed E-state index contributed by atoms with van der Waals surface area (Å²) in [7, 11) is 1.34. The standard InChI is InChI=1S/C16H17BrO4/c1-19-16(18)11-21-15-6-4-12-3-5-14(9-13(12)10-15)20-8-2-7-17/h3-6,9-10H,2,7-8,11H2,1H3. The predicted octanol–water partition coefficient (Wildman–Crippen LogP) is 3.56. The van der Waals surface area contributed by atoms with E-state index in [0.717, 1.165) is 28.3 Å². The average Bonchev–Trinajstić information content (AvgIpc) is 2.52. The van der Waals surface area contributed by atoms with Gasteiger partial charge in [-0.1, -0.05) is 28.1 Å². The molecule has 0 spiro atoms. The van der Waals surface area contributed by atoms with Crippen LogP contribution in [-0.4, -0.2) is 31.6 Å². The first-order valence-electron chi connectivity index (χ1n) is 6.65. The molecule has 21 heavy (non-hydrogen) atoms. The third-order valence-corrected chi connectivity index (χ3v) is 3.47. The van der Waals surface area contributed by atoms with Gasteiger partial charge in [0.25, 0.3) is 0 Å². The summed E-state index contributed by atoms with van der Waals surface area (Å²) < 4.78 is 15.6. The maximum Gasteiger partial charge on any atom is 0.343 e. The second-order valence-corrected chi connectivity index (χ2v) is 5.22. The van der Waals surface area contributed by atoms with Gasteiger partial charge in [0.1, 0.15) is 11.5 Å². The lowest BCUT2D eigenvalue weighted by molar-refractivity contribution is -0.142. The highest BCUT2D eigenvalue weighted by Crippen LogP contribution is 2.25. The monoisotopic (exact) mass is 352 g/mol. The van der Waals surface area contributed by atoms with Crippen LogP contribution in [0.5, 0.6) is 11.5 Å². The molecule has 0 aliphatic rings. The quantitative estimate of drug-likeness (QED) is 0.434. The molecular formula is C16H17BrO4. The molecule has 0 aliphatic carbocycles. The molecule has 4 nitrogen and oxygen atoms in total. The lowest BCUT2D eigenvalue weighted by Crippen LogP contribution is -2.12. The second-order valence-electron chi connectivity index (χ2n) is 4.43. The number of alkyl halides is 1.